The second kappa shape index (κ2) is 11.4. The Morgan fingerprint density at radius 3 is 2.52 bits per heavy atom. The molecule has 3 heterocycles. The molecule has 4 aromatic rings. The highest BCUT2D eigenvalue weighted by Gasteiger charge is 2.15. The van der Waals surface area contributed by atoms with Gasteiger partial charge in [0.15, 0.2) is 12.4 Å². The molecule has 4 N–H and O–H groups in total. The molecule has 0 aliphatic rings. The number of carbonyl (C=O) groups excluding carboxylic acids is 1. The summed E-state index contributed by atoms with van der Waals surface area (Å²) >= 11 is 0. The van der Waals surface area contributed by atoms with Crippen LogP contribution in [0.5, 0.6) is 17.5 Å². The Morgan fingerprint density at radius 2 is 1.85 bits per heavy atom. The number of furan rings is 1. The summed E-state index contributed by atoms with van der Waals surface area (Å²) in [5.41, 5.74) is 5.94. The third-order valence-corrected chi connectivity index (χ3v) is 3.93. The monoisotopic (exact) mass is 454 g/mol. The minimum atomic E-state index is -0.170. The van der Waals surface area contributed by atoms with Crippen LogP contribution in [0.3, 0.4) is 0 Å². The van der Waals surface area contributed by atoms with Crippen molar-refractivity contribution in [1.29, 1.82) is 0 Å². The first-order valence-electron chi connectivity index (χ1n) is 10.2. The Balaban J connectivity index is 0.000000968. The van der Waals surface area contributed by atoms with Gasteiger partial charge in [0.25, 0.3) is 11.7 Å². The molecule has 1 amide bonds. The molecule has 0 radical (unpaired) electrons. The number of fused-ring (bicyclic) bond motifs is 1. The van der Waals surface area contributed by atoms with Crippen molar-refractivity contribution in [2.24, 2.45) is 0 Å². The van der Waals surface area contributed by atoms with Crippen molar-refractivity contribution < 1.29 is 18.7 Å². The highest BCUT2D eigenvalue weighted by Crippen LogP contribution is 2.23. The molecule has 3 aromatic heterocycles. The highest BCUT2D eigenvalue weighted by molar-refractivity contribution is 5.77. The predicted molar refractivity (Wildman–Crippen MR) is 121 cm³/mol. The summed E-state index contributed by atoms with van der Waals surface area (Å²) in [5, 5.41) is 9.72. The number of nitrogens with two attached hydrogens (primary N) is 1. The van der Waals surface area contributed by atoms with Crippen molar-refractivity contribution in [2.75, 3.05) is 33.0 Å². The second-order valence-electron chi connectivity index (χ2n) is 6.70. The fraction of sp³-hybridized carbons (Fsp3) is 0.286. The fourth-order valence-electron chi connectivity index (χ4n) is 2.52. The lowest BCUT2D eigenvalue weighted by atomic mass is 10.3. The SMILES string of the molecule is CCCNC(=O)COc1ccc(Oc2nc(N)n3nc(-c4ccco4)nc3n2)cc1.CNC. The van der Waals surface area contributed by atoms with Gasteiger partial charge in [0.1, 0.15) is 11.5 Å². The van der Waals surface area contributed by atoms with E-state index in [1.54, 1.807) is 36.4 Å². The number of ether oxygens (including phenoxy) is 2. The van der Waals surface area contributed by atoms with Crippen LogP contribution >= 0.6 is 0 Å². The minimum Gasteiger partial charge on any atom is -0.484 e. The molecule has 0 aliphatic carbocycles. The fourth-order valence-corrected chi connectivity index (χ4v) is 2.52. The lowest BCUT2D eigenvalue weighted by Gasteiger charge is -2.08. The van der Waals surface area contributed by atoms with Gasteiger partial charge < -0.3 is 30.3 Å². The summed E-state index contributed by atoms with van der Waals surface area (Å²) in [6, 6.07) is 10.2. The predicted octanol–water partition coefficient (Wildman–Crippen LogP) is 1.89. The number of rotatable bonds is 8. The number of anilines is 1. The van der Waals surface area contributed by atoms with Gasteiger partial charge in [0, 0.05) is 6.54 Å². The highest BCUT2D eigenvalue weighted by atomic mass is 16.5. The van der Waals surface area contributed by atoms with Crippen LogP contribution in [0.2, 0.25) is 0 Å². The van der Waals surface area contributed by atoms with Gasteiger partial charge in [0.05, 0.1) is 6.26 Å². The number of hydrogen-bond acceptors (Lipinski definition) is 10. The van der Waals surface area contributed by atoms with Crippen molar-refractivity contribution in [3.05, 3.63) is 42.7 Å². The van der Waals surface area contributed by atoms with Crippen LogP contribution in [0.25, 0.3) is 17.4 Å². The van der Waals surface area contributed by atoms with Crippen LogP contribution in [-0.4, -0.2) is 57.7 Å². The van der Waals surface area contributed by atoms with E-state index in [0.717, 1.165) is 6.42 Å². The van der Waals surface area contributed by atoms with E-state index in [9.17, 15) is 4.79 Å². The number of carbonyl (C=O) groups is 1. The van der Waals surface area contributed by atoms with Gasteiger partial charge >= 0.3 is 6.01 Å². The van der Waals surface area contributed by atoms with Crippen LogP contribution in [0.1, 0.15) is 13.3 Å². The smallest absolute Gasteiger partial charge is 0.328 e. The Morgan fingerprint density at radius 1 is 1.12 bits per heavy atom. The molecule has 0 unspecified atom stereocenters. The van der Waals surface area contributed by atoms with Crippen LogP contribution in [0, 0.1) is 0 Å². The molecule has 174 valence electrons. The summed E-state index contributed by atoms with van der Waals surface area (Å²) in [6.45, 7) is 2.55. The minimum absolute atomic E-state index is 0.0195. The summed E-state index contributed by atoms with van der Waals surface area (Å²) < 4.78 is 17.7. The molecular weight excluding hydrogens is 428 g/mol. The maximum atomic E-state index is 11.6. The van der Waals surface area contributed by atoms with Gasteiger partial charge in [-0.25, -0.2) is 0 Å². The topological polar surface area (TPSA) is 155 Å². The molecule has 0 saturated heterocycles. The van der Waals surface area contributed by atoms with Gasteiger partial charge in [-0.3, -0.25) is 4.79 Å². The maximum absolute atomic E-state index is 11.6. The Labute approximate surface area is 190 Å². The molecule has 0 aliphatic heterocycles. The van der Waals surface area contributed by atoms with Crippen molar-refractivity contribution in [3.8, 4) is 29.1 Å². The van der Waals surface area contributed by atoms with Gasteiger partial charge in [-0.2, -0.15) is 19.5 Å². The van der Waals surface area contributed by atoms with E-state index in [1.807, 2.05) is 21.0 Å². The van der Waals surface area contributed by atoms with Gasteiger partial charge in [-0.05, 0) is 56.9 Å². The first-order chi connectivity index (χ1) is 16.0. The van der Waals surface area contributed by atoms with Gasteiger partial charge in [-0.1, -0.05) is 6.92 Å². The third-order valence-electron chi connectivity index (χ3n) is 3.93. The zero-order valence-electron chi connectivity index (χ0n) is 18.6. The third kappa shape index (κ3) is 6.40. The van der Waals surface area contributed by atoms with Gasteiger partial charge in [0.2, 0.25) is 11.8 Å². The van der Waals surface area contributed by atoms with E-state index in [4.69, 9.17) is 19.6 Å². The van der Waals surface area contributed by atoms with E-state index >= 15 is 0 Å². The molecule has 33 heavy (non-hydrogen) atoms. The number of amides is 1. The number of benzene rings is 1. The Kier molecular flexibility index (Phi) is 8.13. The normalized spacial score (nSPS) is 10.4. The molecule has 12 heteroatoms. The first kappa shape index (κ1) is 23.5. The number of nitrogens with one attached hydrogen (secondary N) is 2. The maximum Gasteiger partial charge on any atom is 0.328 e. The van der Waals surface area contributed by atoms with Crippen molar-refractivity contribution >= 4 is 17.6 Å². The zero-order valence-corrected chi connectivity index (χ0v) is 18.6. The number of aromatic nitrogens is 5. The molecule has 0 saturated carbocycles. The molecule has 1 aromatic carbocycles. The molecule has 0 fully saturated rings. The van der Waals surface area contributed by atoms with E-state index in [-0.39, 0.29) is 30.3 Å². The standard InChI is InChI=1S/C19H19N7O4.C2H7N/c1-2-9-21-15(27)11-29-12-5-7-13(8-6-12)30-19-23-17(20)26-18(24-19)22-16(25-26)14-4-3-10-28-14;1-3-2/h3-8,10H,2,9,11H2,1H3,(H,21,27)(H2,20,22,23,24,25);3H,1-2H3. The summed E-state index contributed by atoms with van der Waals surface area (Å²) in [5.74, 6) is 1.94. The first-order valence-corrected chi connectivity index (χ1v) is 10.2. The Hall–Kier alpha value is -4.19. The molecule has 0 atom stereocenters. The number of nitrogens with zero attached hydrogens (tertiary/aromatic N) is 5. The average molecular weight is 454 g/mol. The second-order valence-corrected chi connectivity index (χ2v) is 6.70. The van der Waals surface area contributed by atoms with Crippen molar-refractivity contribution in [1.82, 2.24) is 35.2 Å². The molecule has 12 nitrogen and oxygen atoms in total. The van der Waals surface area contributed by atoms with Crippen molar-refractivity contribution in [2.45, 2.75) is 13.3 Å². The lowest BCUT2D eigenvalue weighted by molar-refractivity contribution is -0.123. The Bertz CT molecular complexity index is 1160. The van der Waals surface area contributed by atoms with E-state index in [0.29, 0.717) is 29.6 Å². The molecule has 0 spiro atoms. The van der Waals surface area contributed by atoms with E-state index in [1.165, 1.54) is 10.8 Å². The van der Waals surface area contributed by atoms with Crippen LogP contribution < -0.4 is 25.8 Å². The summed E-state index contributed by atoms with van der Waals surface area (Å²) in [7, 11) is 3.75. The van der Waals surface area contributed by atoms with Crippen molar-refractivity contribution in [3.63, 3.8) is 0 Å². The number of hydrogen-bond donors (Lipinski definition) is 3. The summed E-state index contributed by atoms with van der Waals surface area (Å²) in [4.78, 5) is 24.2. The molecule has 4 rings (SSSR count). The average Bonchev–Trinajstić information content (AvgIpc) is 3.48. The van der Waals surface area contributed by atoms with E-state index in [2.05, 4.69) is 30.7 Å². The largest absolute Gasteiger partial charge is 0.484 e. The number of nitrogen functional groups attached to an aromatic ring is 1. The quantitative estimate of drug-likeness (QED) is 0.359. The lowest BCUT2D eigenvalue weighted by Crippen LogP contribution is -2.29. The van der Waals surface area contributed by atoms with Crippen LogP contribution in [0.4, 0.5) is 5.95 Å². The zero-order chi connectivity index (χ0) is 23.6. The molecule has 0 bridgehead atoms. The van der Waals surface area contributed by atoms with Crippen LogP contribution in [0.15, 0.2) is 47.1 Å². The van der Waals surface area contributed by atoms with E-state index < -0.39 is 0 Å². The van der Waals surface area contributed by atoms with Crippen LogP contribution in [-0.2, 0) is 4.79 Å². The van der Waals surface area contributed by atoms with Gasteiger partial charge in [-0.15, -0.1) is 5.10 Å². The summed E-state index contributed by atoms with van der Waals surface area (Å²) in [6.07, 6.45) is 2.39. The molecular formula is C21H26N8O4.